The predicted molar refractivity (Wildman–Crippen MR) is 75.3 cm³/mol. The average molecular weight is 278 g/mol. The standard InChI is InChI=1S/C17H20F2O/c1-2-3-11-4-6-12(7-5-11)13-8-9-14(15-10-20-15)17(19)16(13)18/h6,8-9,11,15H,2-5,7,10H2,1H3. The summed E-state index contributed by atoms with van der Waals surface area (Å²) in [7, 11) is 0. The molecule has 1 aromatic rings. The van der Waals surface area contributed by atoms with E-state index < -0.39 is 11.6 Å². The van der Waals surface area contributed by atoms with Crippen molar-refractivity contribution in [3.63, 3.8) is 0 Å². The minimum absolute atomic E-state index is 0.243. The highest BCUT2D eigenvalue weighted by Gasteiger charge is 2.30. The van der Waals surface area contributed by atoms with Gasteiger partial charge in [0.1, 0.15) is 6.10 Å². The molecule has 0 bridgehead atoms. The molecule has 20 heavy (non-hydrogen) atoms. The second-order valence-corrected chi connectivity index (χ2v) is 5.81. The Labute approximate surface area is 118 Å². The predicted octanol–water partition coefficient (Wildman–Crippen LogP) is 5.02. The first-order valence-electron chi connectivity index (χ1n) is 7.49. The normalized spacial score (nSPS) is 25.4. The number of hydrogen-bond acceptors (Lipinski definition) is 1. The van der Waals surface area contributed by atoms with E-state index >= 15 is 0 Å². The van der Waals surface area contributed by atoms with Crippen molar-refractivity contribution in [2.75, 3.05) is 6.61 Å². The second kappa shape index (κ2) is 5.65. The van der Waals surface area contributed by atoms with Gasteiger partial charge in [-0.15, -0.1) is 0 Å². The van der Waals surface area contributed by atoms with E-state index in [1.807, 2.05) is 0 Å². The number of hydrogen-bond donors (Lipinski definition) is 0. The first-order valence-corrected chi connectivity index (χ1v) is 7.49. The van der Waals surface area contributed by atoms with Gasteiger partial charge in [0.15, 0.2) is 11.6 Å². The molecule has 0 spiro atoms. The molecule has 3 rings (SSSR count). The molecule has 1 aliphatic carbocycles. The zero-order valence-corrected chi connectivity index (χ0v) is 11.8. The van der Waals surface area contributed by atoms with E-state index in [9.17, 15) is 8.78 Å². The summed E-state index contributed by atoms with van der Waals surface area (Å²) in [6.07, 6.45) is 7.17. The molecule has 3 heteroatoms. The van der Waals surface area contributed by atoms with Crippen LogP contribution in [-0.4, -0.2) is 6.61 Å². The van der Waals surface area contributed by atoms with Gasteiger partial charge in [-0.25, -0.2) is 8.78 Å². The van der Waals surface area contributed by atoms with Crippen LogP contribution in [-0.2, 0) is 4.74 Å². The van der Waals surface area contributed by atoms with Gasteiger partial charge < -0.3 is 4.74 Å². The molecule has 1 fully saturated rings. The Morgan fingerprint density at radius 1 is 1.25 bits per heavy atom. The largest absolute Gasteiger partial charge is 0.368 e. The quantitative estimate of drug-likeness (QED) is 0.704. The Morgan fingerprint density at radius 3 is 2.65 bits per heavy atom. The Kier molecular flexibility index (Phi) is 3.88. The van der Waals surface area contributed by atoms with Crippen LogP contribution in [0.25, 0.3) is 5.57 Å². The maximum atomic E-state index is 14.2. The van der Waals surface area contributed by atoms with Crippen LogP contribution in [0.2, 0.25) is 0 Å². The summed E-state index contributed by atoms with van der Waals surface area (Å²) in [5, 5.41) is 0. The lowest BCUT2D eigenvalue weighted by Crippen LogP contribution is -2.07. The molecule has 2 unspecified atom stereocenters. The summed E-state index contributed by atoms with van der Waals surface area (Å²) < 4.78 is 33.3. The Balaban J connectivity index is 1.82. The molecule has 1 aromatic carbocycles. The third-order valence-corrected chi connectivity index (χ3v) is 4.35. The van der Waals surface area contributed by atoms with Crippen LogP contribution in [0.1, 0.15) is 56.3 Å². The molecule has 1 nitrogen and oxygen atoms in total. The summed E-state index contributed by atoms with van der Waals surface area (Å²) in [6.45, 7) is 2.68. The van der Waals surface area contributed by atoms with Crippen LogP contribution in [0, 0.1) is 17.6 Å². The molecule has 0 N–H and O–H groups in total. The van der Waals surface area contributed by atoms with E-state index in [4.69, 9.17) is 4.74 Å². The smallest absolute Gasteiger partial charge is 0.166 e. The van der Waals surface area contributed by atoms with Crippen LogP contribution in [0.5, 0.6) is 0 Å². The Bertz CT molecular complexity index is 532. The summed E-state index contributed by atoms with van der Waals surface area (Å²) in [5.74, 6) is -0.740. The van der Waals surface area contributed by atoms with Gasteiger partial charge in [-0.2, -0.15) is 0 Å². The molecular formula is C17H20F2O. The molecule has 2 aliphatic rings. The molecule has 108 valence electrons. The van der Waals surface area contributed by atoms with Gasteiger partial charge >= 0.3 is 0 Å². The van der Waals surface area contributed by atoms with Crippen molar-refractivity contribution < 1.29 is 13.5 Å². The minimum atomic E-state index is -0.735. The van der Waals surface area contributed by atoms with Crippen molar-refractivity contribution >= 4 is 5.57 Å². The van der Waals surface area contributed by atoms with Crippen molar-refractivity contribution in [1.82, 2.24) is 0 Å². The lowest BCUT2D eigenvalue weighted by atomic mass is 9.84. The van der Waals surface area contributed by atoms with Crippen LogP contribution in [0.15, 0.2) is 18.2 Å². The number of epoxide rings is 1. The van der Waals surface area contributed by atoms with E-state index in [1.54, 1.807) is 12.1 Å². The molecular weight excluding hydrogens is 258 g/mol. The van der Waals surface area contributed by atoms with Gasteiger partial charge in [0.2, 0.25) is 0 Å². The van der Waals surface area contributed by atoms with Crippen LogP contribution < -0.4 is 0 Å². The molecule has 0 amide bonds. The van der Waals surface area contributed by atoms with Crippen molar-refractivity contribution in [1.29, 1.82) is 0 Å². The number of ether oxygens (including phenoxy) is 1. The number of allylic oxidation sites excluding steroid dienone is 2. The van der Waals surface area contributed by atoms with Gasteiger partial charge in [-0.05, 0) is 30.8 Å². The fourth-order valence-electron chi connectivity index (χ4n) is 3.09. The zero-order valence-electron chi connectivity index (χ0n) is 11.8. The SMILES string of the molecule is CCCC1CC=C(c2ccc(C3CO3)c(F)c2F)CC1. The molecule has 0 saturated carbocycles. The summed E-state index contributed by atoms with van der Waals surface area (Å²) >= 11 is 0. The van der Waals surface area contributed by atoms with Gasteiger partial charge in [0.05, 0.1) is 6.61 Å². The van der Waals surface area contributed by atoms with Crippen molar-refractivity contribution in [3.8, 4) is 0 Å². The van der Waals surface area contributed by atoms with E-state index in [2.05, 4.69) is 13.0 Å². The van der Waals surface area contributed by atoms with Crippen LogP contribution in [0.3, 0.4) is 0 Å². The van der Waals surface area contributed by atoms with E-state index in [-0.39, 0.29) is 6.10 Å². The topological polar surface area (TPSA) is 12.5 Å². The first-order chi connectivity index (χ1) is 9.70. The van der Waals surface area contributed by atoms with E-state index in [1.165, 1.54) is 12.8 Å². The van der Waals surface area contributed by atoms with Crippen molar-refractivity contribution in [2.24, 2.45) is 5.92 Å². The number of halogens is 2. The maximum absolute atomic E-state index is 14.2. The summed E-state index contributed by atoms with van der Waals surface area (Å²) in [4.78, 5) is 0. The summed E-state index contributed by atoms with van der Waals surface area (Å²) in [6, 6.07) is 3.38. The molecule has 0 aromatic heterocycles. The third kappa shape index (κ3) is 2.64. The first kappa shape index (κ1) is 13.7. The van der Waals surface area contributed by atoms with Crippen LogP contribution >= 0.6 is 0 Å². The zero-order chi connectivity index (χ0) is 14.1. The van der Waals surface area contributed by atoms with Crippen molar-refractivity contribution in [2.45, 2.75) is 45.1 Å². The van der Waals surface area contributed by atoms with Gasteiger partial charge in [0, 0.05) is 11.1 Å². The Morgan fingerprint density at radius 2 is 2.05 bits per heavy atom. The highest BCUT2D eigenvalue weighted by molar-refractivity contribution is 5.67. The summed E-state index contributed by atoms with van der Waals surface area (Å²) in [5.41, 5.74) is 1.74. The monoisotopic (exact) mass is 278 g/mol. The fraction of sp³-hybridized carbons (Fsp3) is 0.529. The van der Waals surface area contributed by atoms with Gasteiger partial charge in [0.25, 0.3) is 0 Å². The molecule has 1 saturated heterocycles. The van der Waals surface area contributed by atoms with Gasteiger partial charge in [-0.3, -0.25) is 0 Å². The van der Waals surface area contributed by atoms with Gasteiger partial charge in [-0.1, -0.05) is 38.0 Å². The van der Waals surface area contributed by atoms with Crippen LogP contribution in [0.4, 0.5) is 8.78 Å². The molecule has 0 radical (unpaired) electrons. The molecule has 2 atom stereocenters. The highest BCUT2D eigenvalue weighted by Crippen LogP contribution is 2.37. The van der Waals surface area contributed by atoms with E-state index in [0.717, 1.165) is 24.8 Å². The van der Waals surface area contributed by atoms with Crippen molar-refractivity contribution in [3.05, 3.63) is 41.0 Å². The number of benzene rings is 1. The lowest BCUT2D eigenvalue weighted by Gasteiger charge is -2.22. The second-order valence-electron chi connectivity index (χ2n) is 5.81. The fourth-order valence-corrected chi connectivity index (χ4v) is 3.09. The molecule has 1 aliphatic heterocycles. The molecule has 1 heterocycles. The minimum Gasteiger partial charge on any atom is -0.368 e. The highest BCUT2D eigenvalue weighted by atomic mass is 19.2. The number of rotatable bonds is 4. The average Bonchev–Trinajstić information content (AvgIpc) is 3.28. The lowest BCUT2D eigenvalue weighted by molar-refractivity contribution is 0.401. The maximum Gasteiger partial charge on any atom is 0.166 e. The van der Waals surface area contributed by atoms with E-state index in [0.29, 0.717) is 23.7 Å². The Hall–Kier alpha value is -1.22. The third-order valence-electron chi connectivity index (χ3n) is 4.35.